The van der Waals surface area contributed by atoms with Crippen molar-refractivity contribution in [2.45, 2.75) is 46.5 Å². The molecule has 3 nitrogen and oxygen atoms in total. The Bertz CT molecular complexity index is 220. The van der Waals surface area contributed by atoms with Crippen molar-refractivity contribution in [1.82, 2.24) is 4.90 Å². The quantitative estimate of drug-likeness (QED) is 0.515. The second kappa shape index (κ2) is 6.24. The van der Waals surface area contributed by atoms with Crippen LogP contribution in [0.15, 0.2) is 0 Å². The summed E-state index contributed by atoms with van der Waals surface area (Å²) in [6.45, 7) is 9.97. The van der Waals surface area contributed by atoms with Crippen LogP contribution in [0.1, 0.15) is 46.5 Å². The Labute approximate surface area is 99.1 Å². The van der Waals surface area contributed by atoms with Crippen molar-refractivity contribution < 1.29 is 9.53 Å². The number of nitrogens with zero attached hydrogens (tertiary/aromatic N) is 1. The summed E-state index contributed by atoms with van der Waals surface area (Å²) >= 11 is 0. The molecule has 0 aromatic rings. The van der Waals surface area contributed by atoms with Crippen LogP contribution in [0.2, 0.25) is 0 Å². The first-order valence-electron chi connectivity index (χ1n) is 6.46. The first-order valence-corrected chi connectivity index (χ1v) is 6.46. The van der Waals surface area contributed by atoms with E-state index in [1.165, 1.54) is 25.9 Å². The lowest BCUT2D eigenvalue weighted by molar-refractivity contribution is -0.154. The zero-order valence-corrected chi connectivity index (χ0v) is 10.9. The van der Waals surface area contributed by atoms with Crippen LogP contribution < -0.4 is 0 Å². The van der Waals surface area contributed by atoms with Gasteiger partial charge in [0.1, 0.15) is 0 Å². The molecule has 0 unspecified atom stereocenters. The van der Waals surface area contributed by atoms with Crippen molar-refractivity contribution in [2.24, 2.45) is 5.41 Å². The van der Waals surface area contributed by atoms with Crippen LogP contribution in [0, 0.1) is 5.41 Å². The van der Waals surface area contributed by atoms with E-state index in [1.54, 1.807) is 0 Å². The van der Waals surface area contributed by atoms with E-state index >= 15 is 0 Å². The Kier molecular flexibility index (Phi) is 5.26. The predicted molar refractivity (Wildman–Crippen MR) is 65.3 cm³/mol. The molecule has 0 amide bonds. The van der Waals surface area contributed by atoms with Crippen molar-refractivity contribution in [3.8, 4) is 0 Å². The second-order valence-corrected chi connectivity index (χ2v) is 5.28. The third-order valence-corrected chi connectivity index (χ3v) is 3.49. The second-order valence-electron chi connectivity index (χ2n) is 5.28. The lowest BCUT2D eigenvalue weighted by atomic mass is 9.91. The van der Waals surface area contributed by atoms with Gasteiger partial charge >= 0.3 is 5.97 Å². The van der Waals surface area contributed by atoms with E-state index in [4.69, 9.17) is 4.74 Å². The smallest absolute Gasteiger partial charge is 0.311 e. The highest BCUT2D eigenvalue weighted by Crippen LogP contribution is 2.21. The molecule has 1 heterocycles. The van der Waals surface area contributed by atoms with E-state index < -0.39 is 0 Å². The Hall–Kier alpha value is -0.570. The van der Waals surface area contributed by atoms with E-state index in [9.17, 15) is 4.79 Å². The zero-order valence-electron chi connectivity index (χ0n) is 10.9. The molecular weight excluding hydrogens is 202 g/mol. The summed E-state index contributed by atoms with van der Waals surface area (Å²) in [6.07, 6.45) is 4.44. The highest BCUT2D eigenvalue weighted by molar-refractivity contribution is 5.75. The first kappa shape index (κ1) is 13.5. The van der Waals surface area contributed by atoms with Gasteiger partial charge in [0.15, 0.2) is 0 Å². The fourth-order valence-electron chi connectivity index (χ4n) is 1.80. The molecule has 0 radical (unpaired) electrons. The summed E-state index contributed by atoms with van der Waals surface area (Å²) in [5.41, 5.74) is -0.326. The van der Waals surface area contributed by atoms with Crippen LogP contribution in [-0.4, -0.2) is 37.1 Å². The summed E-state index contributed by atoms with van der Waals surface area (Å²) in [6, 6.07) is 0. The van der Waals surface area contributed by atoms with Gasteiger partial charge in [0.05, 0.1) is 12.0 Å². The van der Waals surface area contributed by atoms with Crippen LogP contribution in [0.4, 0.5) is 0 Å². The molecular formula is C13H25NO2. The Balaban J connectivity index is 2.08. The minimum absolute atomic E-state index is 0.0589. The molecule has 0 N–H and O–H groups in total. The van der Waals surface area contributed by atoms with E-state index in [1.807, 2.05) is 20.8 Å². The van der Waals surface area contributed by atoms with Gasteiger partial charge in [-0.2, -0.15) is 0 Å². The highest BCUT2D eigenvalue weighted by Gasteiger charge is 2.26. The summed E-state index contributed by atoms with van der Waals surface area (Å²) in [7, 11) is 0. The summed E-state index contributed by atoms with van der Waals surface area (Å²) < 4.78 is 5.29. The summed E-state index contributed by atoms with van der Waals surface area (Å²) in [5, 5.41) is 0. The lowest BCUT2D eigenvalue weighted by Crippen LogP contribution is -2.27. The molecule has 1 fully saturated rings. The molecule has 3 heteroatoms. The van der Waals surface area contributed by atoms with Gasteiger partial charge in [-0.3, -0.25) is 4.79 Å². The monoisotopic (exact) mass is 227 g/mol. The number of carbonyl (C=O) groups is 1. The molecule has 94 valence electrons. The van der Waals surface area contributed by atoms with E-state index in [2.05, 4.69) is 4.90 Å². The molecule has 0 aromatic heterocycles. The van der Waals surface area contributed by atoms with Gasteiger partial charge < -0.3 is 9.64 Å². The third kappa shape index (κ3) is 4.12. The number of rotatable bonds is 6. The molecule has 0 bridgehead atoms. The van der Waals surface area contributed by atoms with E-state index in [0.29, 0.717) is 6.61 Å². The maximum absolute atomic E-state index is 11.7. The maximum Gasteiger partial charge on any atom is 0.311 e. The number of esters is 1. The van der Waals surface area contributed by atoms with E-state index in [0.717, 1.165) is 19.4 Å². The normalized spacial score (nSPS) is 17.7. The van der Waals surface area contributed by atoms with Crippen molar-refractivity contribution in [2.75, 3.05) is 26.2 Å². The molecule has 0 atom stereocenters. The Morgan fingerprint density at radius 1 is 1.31 bits per heavy atom. The number of carbonyl (C=O) groups excluding carboxylic acids is 1. The van der Waals surface area contributed by atoms with Crippen molar-refractivity contribution in [3.63, 3.8) is 0 Å². The van der Waals surface area contributed by atoms with Gasteiger partial charge in [0.2, 0.25) is 0 Å². The van der Waals surface area contributed by atoms with Crippen LogP contribution >= 0.6 is 0 Å². The molecule has 1 saturated heterocycles. The van der Waals surface area contributed by atoms with Crippen molar-refractivity contribution in [3.05, 3.63) is 0 Å². The van der Waals surface area contributed by atoms with Crippen LogP contribution in [-0.2, 0) is 9.53 Å². The average molecular weight is 227 g/mol. The number of hydrogen-bond acceptors (Lipinski definition) is 3. The average Bonchev–Trinajstić information content (AvgIpc) is 2.76. The fraction of sp³-hybridized carbons (Fsp3) is 0.923. The van der Waals surface area contributed by atoms with Gasteiger partial charge in [-0.1, -0.05) is 6.92 Å². The molecule has 1 rings (SSSR count). The van der Waals surface area contributed by atoms with Gasteiger partial charge in [0.25, 0.3) is 0 Å². The highest BCUT2D eigenvalue weighted by atomic mass is 16.5. The largest absolute Gasteiger partial charge is 0.465 e. The van der Waals surface area contributed by atoms with Crippen molar-refractivity contribution in [1.29, 1.82) is 0 Å². The molecule has 1 aliphatic rings. The maximum atomic E-state index is 11.7. The summed E-state index contributed by atoms with van der Waals surface area (Å²) in [5.74, 6) is -0.0589. The Morgan fingerprint density at radius 2 is 1.94 bits per heavy atom. The molecule has 0 spiro atoms. The van der Waals surface area contributed by atoms with E-state index in [-0.39, 0.29) is 11.4 Å². The molecule has 0 saturated carbocycles. The zero-order chi connectivity index (χ0) is 12.0. The van der Waals surface area contributed by atoms with Crippen LogP contribution in [0.3, 0.4) is 0 Å². The van der Waals surface area contributed by atoms with Gasteiger partial charge in [-0.05, 0) is 52.6 Å². The molecule has 0 aromatic carbocycles. The SMILES string of the molecule is CCC(C)(C)C(=O)OCCCN1CCCC1. The fourth-order valence-corrected chi connectivity index (χ4v) is 1.80. The number of likely N-dealkylation sites (tertiary alicyclic amines) is 1. The molecule has 1 aliphatic heterocycles. The standard InChI is InChI=1S/C13H25NO2/c1-4-13(2,3)12(15)16-11-7-10-14-8-5-6-9-14/h4-11H2,1-3H3. The first-order chi connectivity index (χ1) is 7.56. The molecule has 0 aliphatic carbocycles. The topological polar surface area (TPSA) is 29.5 Å². The van der Waals surface area contributed by atoms with Crippen LogP contribution in [0.5, 0.6) is 0 Å². The van der Waals surface area contributed by atoms with Gasteiger partial charge in [-0.15, -0.1) is 0 Å². The van der Waals surface area contributed by atoms with Crippen molar-refractivity contribution >= 4 is 5.97 Å². The van der Waals surface area contributed by atoms with Crippen LogP contribution in [0.25, 0.3) is 0 Å². The van der Waals surface area contributed by atoms with Gasteiger partial charge in [0, 0.05) is 6.54 Å². The van der Waals surface area contributed by atoms with Gasteiger partial charge in [-0.25, -0.2) is 0 Å². The minimum atomic E-state index is -0.326. The number of ether oxygens (including phenoxy) is 1. The number of hydrogen-bond donors (Lipinski definition) is 0. The lowest BCUT2D eigenvalue weighted by Gasteiger charge is -2.21. The minimum Gasteiger partial charge on any atom is -0.465 e. The third-order valence-electron chi connectivity index (χ3n) is 3.49. The summed E-state index contributed by atoms with van der Waals surface area (Å²) in [4.78, 5) is 14.1. The Morgan fingerprint density at radius 3 is 2.50 bits per heavy atom. The predicted octanol–water partition coefficient (Wildman–Crippen LogP) is 2.45. The molecule has 16 heavy (non-hydrogen) atoms.